The van der Waals surface area contributed by atoms with E-state index in [0.29, 0.717) is 26.9 Å². The number of nitrogens with zero attached hydrogens (tertiary/aromatic N) is 3. The van der Waals surface area contributed by atoms with E-state index in [0.717, 1.165) is 44.3 Å². The number of benzene rings is 2. The van der Waals surface area contributed by atoms with Crippen LogP contribution in [0.5, 0.6) is 0 Å². The molecular weight excluding hydrogens is 569 g/mol. The fourth-order valence-electron chi connectivity index (χ4n) is 5.95. The van der Waals surface area contributed by atoms with Crippen molar-refractivity contribution in [3.05, 3.63) is 69.2 Å². The first kappa shape index (κ1) is 32.5. The highest BCUT2D eigenvalue weighted by atomic mass is 35.5. The maximum atomic E-state index is 14.5. The summed E-state index contributed by atoms with van der Waals surface area (Å²) < 4.78 is 5.41. The molecule has 1 fully saturated rings. The van der Waals surface area contributed by atoms with Gasteiger partial charge in [0, 0.05) is 47.1 Å². The van der Waals surface area contributed by atoms with E-state index in [1.54, 1.807) is 30.3 Å². The van der Waals surface area contributed by atoms with Crippen molar-refractivity contribution in [3.8, 4) is 0 Å². The molecule has 2 aromatic carbocycles. The smallest absolute Gasteiger partial charge is 0.338 e. The van der Waals surface area contributed by atoms with Crippen LogP contribution in [-0.4, -0.2) is 57.8 Å². The second kappa shape index (κ2) is 12.3. The van der Waals surface area contributed by atoms with Gasteiger partial charge in [0.25, 0.3) is 5.91 Å². The molecule has 4 rings (SSSR count). The zero-order valence-corrected chi connectivity index (χ0v) is 27.8. The van der Waals surface area contributed by atoms with E-state index >= 15 is 0 Å². The standard InChI is InChI=1S/C34H45Cl2N3O3/c1-22(2)42-31(41)24-11-9-23(10-12-24)28(13-14-32(3,4)5)39-30(40)29(25-19-26(35)21-27(36)20-25)37-34(39)15-17-38(18-16-34)33(6,7)8/h9-12,19-22,28H,13-18H2,1-8H3/t28-/m1/s1. The molecule has 6 nitrogen and oxygen atoms in total. The summed E-state index contributed by atoms with van der Waals surface area (Å²) in [7, 11) is 0. The lowest BCUT2D eigenvalue weighted by molar-refractivity contribution is -0.134. The number of hydrogen-bond acceptors (Lipinski definition) is 5. The summed E-state index contributed by atoms with van der Waals surface area (Å²) in [4.78, 5) is 36.9. The van der Waals surface area contributed by atoms with Crippen molar-refractivity contribution in [3.63, 3.8) is 0 Å². The third-order valence-electron chi connectivity index (χ3n) is 8.19. The van der Waals surface area contributed by atoms with Crippen molar-refractivity contribution >= 4 is 40.8 Å². The molecule has 0 N–H and O–H groups in total. The van der Waals surface area contributed by atoms with E-state index in [-0.39, 0.29) is 35.0 Å². The first-order chi connectivity index (χ1) is 19.5. The Bertz CT molecular complexity index is 1310. The van der Waals surface area contributed by atoms with Gasteiger partial charge >= 0.3 is 5.97 Å². The third-order valence-corrected chi connectivity index (χ3v) is 8.63. The fraction of sp³-hybridized carbons (Fsp3) is 0.559. The molecule has 42 heavy (non-hydrogen) atoms. The number of carbonyl (C=O) groups is 2. The van der Waals surface area contributed by atoms with E-state index < -0.39 is 5.66 Å². The van der Waals surface area contributed by atoms with Crippen LogP contribution in [0.25, 0.3) is 0 Å². The number of likely N-dealkylation sites (tertiary alicyclic amines) is 1. The molecule has 0 unspecified atom stereocenters. The minimum Gasteiger partial charge on any atom is -0.459 e. The molecule has 0 saturated carbocycles. The minimum absolute atomic E-state index is 0.0220. The maximum Gasteiger partial charge on any atom is 0.338 e. The van der Waals surface area contributed by atoms with Gasteiger partial charge in [-0.3, -0.25) is 14.7 Å². The highest BCUT2D eigenvalue weighted by Gasteiger charge is 2.52. The third kappa shape index (κ3) is 7.38. The molecule has 0 radical (unpaired) electrons. The van der Waals surface area contributed by atoms with Gasteiger partial charge in [0.2, 0.25) is 0 Å². The monoisotopic (exact) mass is 613 g/mol. The second-order valence-electron chi connectivity index (χ2n) is 14.1. The molecule has 1 saturated heterocycles. The van der Waals surface area contributed by atoms with Crippen molar-refractivity contribution in [1.82, 2.24) is 9.80 Å². The topological polar surface area (TPSA) is 62.2 Å². The Morgan fingerprint density at radius 3 is 2.05 bits per heavy atom. The van der Waals surface area contributed by atoms with Gasteiger partial charge < -0.3 is 9.64 Å². The number of aliphatic imine (C=N–C) groups is 1. The first-order valence-electron chi connectivity index (χ1n) is 15.0. The summed E-state index contributed by atoms with van der Waals surface area (Å²) in [5.41, 5.74) is 1.91. The van der Waals surface area contributed by atoms with E-state index in [4.69, 9.17) is 32.9 Å². The normalized spacial score (nSPS) is 18.5. The van der Waals surface area contributed by atoms with Crippen LogP contribution in [0.1, 0.15) is 109 Å². The van der Waals surface area contributed by atoms with Crippen molar-refractivity contribution < 1.29 is 14.3 Å². The lowest BCUT2D eigenvalue weighted by Gasteiger charge is -2.49. The average molecular weight is 615 g/mol. The summed E-state index contributed by atoms with van der Waals surface area (Å²) in [6.45, 7) is 18.6. The summed E-state index contributed by atoms with van der Waals surface area (Å²) in [5, 5.41) is 0.937. The molecule has 0 aromatic heterocycles. The van der Waals surface area contributed by atoms with Crippen molar-refractivity contribution in [2.45, 2.75) is 104 Å². The summed E-state index contributed by atoms with van der Waals surface area (Å²) in [6, 6.07) is 12.5. The minimum atomic E-state index is -0.694. The van der Waals surface area contributed by atoms with Gasteiger partial charge in [-0.1, -0.05) is 56.1 Å². The summed E-state index contributed by atoms with van der Waals surface area (Å²) in [6.07, 6.45) is 2.90. The lowest BCUT2D eigenvalue weighted by Crippen LogP contribution is -2.57. The molecule has 0 aliphatic carbocycles. The van der Waals surface area contributed by atoms with Gasteiger partial charge in [0.05, 0.1) is 17.7 Å². The molecule has 1 spiro atoms. The second-order valence-corrected chi connectivity index (χ2v) is 15.0. The van der Waals surface area contributed by atoms with Crippen LogP contribution >= 0.6 is 23.2 Å². The lowest BCUT2D eigenvalue weighted by atomic mass is 9.84. The number of amides is 1. The fourth-order valence-corrected chi connectivity index (χ4v) is 6.48. The first-order valence-corrected chi connectivity index (χ1v) is 15.7. The molecule has 1 atom stereocenters. The number of esters is 1. The van der Waals surface area contributed by atoms with Crippen molar-refractivity contribution in [2.24, 2.45) is 10.4 Å². The zero-order chi connectivity index (χ0) is 31.0. The Kier molecular flexibility index (Phi) is 9.52. The predicted octanol–water partition coefficient (Wildman–Crippen LogP) is 8.35. The molecule has 1 amide bonds. The molecule has 8 heteroatoms. The Morgan fingerprint density at radius 1 is 0.976 bits per heavy atom. The highest BCUT2D eigenvalue weighted by Crippen LogP contribution is 2.45. The zero-order valence-electron chi connectivity index (χ0n) is 26.3. The van der Waals surface area contributed by atoms with Gasteiger partial charge in [-0.25, -0.2) is 4.79 Å². The number of hydrogen-bond donors (Lipinski definition) is 0. The predicted molar refractivity (Wildman–Crippen MR) is 172 cm³/mol. The van der Waals surface area contributed by atoms with Crippen LogP contribution in [0.4, 0.5) is 0 Å². The van der Waals surface area contributed by atoms with Crippen LogP contribution in [0.2, 0.25) is 10.0 Å². The molecule has 228 valence electrons. The molecule has 2 aliphatic heterocycles. The van der Waals surface area contributed by atoms with Gasteiger partial charge in [0.1, 0.15) is 11.4 Å². The van der Waals surface area contributed by atoms with Gasteiger partial charge in [0.15, 0.2) is 0 Å². The maximum absolute atomic E-state index is 14.5. The van der Waals surface area contributed by atoms with Crippen LogP contribution in [-0.2, 0) is 9.53 Å². The number of carbonyl (C=O) groups excluding carboxylic acids is 2. The number of ether oxygens (including phenoxy) is 1. The van der Waals surface area contributed by atoms with Gasteiger partial charge in [-0.15, -0.1) is 0 Å². The number of halogens is 2. The van der Waals surface area contributed by atoms with Crippen LogP contribution in [0, 0.1) is 5.41 Å². The summed E-state index contributed by atoms with van der Waals surface area (Å²) >= 11 is 12.8. The molecule has 0 bridgehead atoms. The Morgan fingerprint density at radius 2 is 1.55 bits per heavy atom. The largest absolute Gasteiger partial charge is 0.459 e. The SMILES string of the molecule is CC(C)OC(=O)c1ccc([C@@H](CCC(C)(C)C)N2C(=O)C(c3cc(Cl)cc(Cl)c3)=NC23CCN(C(C)(C)C)CC3)cc1. The highest BCUT2D eigenvalue weighted by molar-refractivity contribution is 6.47. The van der Waals surface area contributed by atoms with Gasteiger partial charge in [-0.2, -0.15) is 0 Å². The van der Waals surface area contributed by atoms with E-state index in [9.17, 15) is 9.59 Å². The van der Waals surface area contributed by atoms with Crippen LogP contribution in [0.15, 0.2) is 47.5 Å². The molecule has 2 aromatic rings. The number of rotatable bonds is 7. The Balaban J connectivity index is 1.79. The summed E-state index contributed by atoms with van der Waals surface area (Å²) in [5.74, 6) is -0.464. The van der Waals surface area contributed by atoms with E-state index in [1.807, 2.05) is 30.9 Å². The van der Waals surface area contributed by atoms with Crippen LogP contribution < -0.4 is 0 Å². The van der Waals surface area contributed by atoms with Crippen LogP contribution in [0.3, 0.4) is 0 Å². The Labute approximate surface area is 261 Å². The van der Waals surface area contributed by atoms with E-state index in [2.05, 4.69) is 46.4 Å². The van der Waals surface area contributed by atoms with E-state index in [1.165, 1.54) is 0 Å². The Hall–Kier alpha value is -2.41. The molecule has 2 aliphatic rings. The average Bonchev–Trinajstić information content (AvgIpc) is 3.14. The van der Waals surface area contributed by atoms with Gasteiger partial charge in [-0.05, 0) is 88.8 Å². The van der Waals surface area contributed by atoms with Crippen molar-refractivity contribution in [1.29, 1.82) is 0 Å². The molecular formula is C34H45Cl2N3O3. The quantitative estimate of drug-likeness (QED) is 0.294. The number of piperidine rings is 1. The van der Waals surface area contributed by atoms with Crippen molar-refractivity contribution in [2.75, 3.05) is 13.1 Å². The molecule has 2 heterocycles.